The van der Waals surface area contributed by atoms with Crippen molar-refractivity contribution in [1.29, 1.82) is 0 Å². The van der Waals surface area contributed by atoms with Crippen LogP contribution in [0.3, 0.4) is 0 Å². The zero-order valence-corrected chi connectivity index (χ0v) is 12.5. The average molecular weight is 289 g/mol. The van der Waals surface area contributed by atoms with E-state index in [1.165, 1.54) is 4.68 Å². The molecular weight excluding hydrogens is 270 g/mol. The van der Waals surface area contributed by atoms with Crippen LogP contribution in [-0.4, -0.2) is 44.7 Å². The van der Waals surface area contributed by atoms with E-state index in [1.807, 2.05) is 19.9 Å². The summed E-state index contributed by atoms with van der Waals surface area (Å²) in [4.78, 5) is 26.0. The molecule has 0 saturated carbocycles. The van der Waals surface area contributed by atoms with Crippen LogP contribution in [0.2, 0.25) is 0 Å². The molecule has 1 fully saturated rings. The van der Waals surface area contributed by atoms with Crippen LogP contribution in [0, 0.1) is 10.8 Å². The summed E-state index contributed by atoms with van der Waals surface area (Å²) in [6.07, 6.45) is 4.15. The van der Waals surface area contributed by atoms with Crippen molar-refractivity contribution in [2.24, 2.45) is 23.6 Å². The molecule has 1 aromatic rings. The second-order valence-electron chi connectivity index (χ2n) is 6.79. The summed E-state index contributed by atoms with van der Waals surface area (Å²) in [6.45, 7) is 4.95. The number of hydrogen-bond acceptors (Lipinski definition) is 5. The fraction of sp³-hybridized carbons (Fsp3) is 0.571. The summed E-state index contributed by atoms with van der Waals surface area (Å²) >= 11 is 0. The lowest BCUT2D eigenvalue weighted by Gasteiger charge is -2.53. The van der Waals surface area contributed by atoms with Gasteiger partial charge in [0.2, 0.25) is 0 Å². The van der Waals surface area contributed by atoms with E-state index >= 15 is 0 Å². The molecule has 0 atom stereocenters. The Hall–Kier alpha value is -2.18. The molecule has 2 heterocycles. The first kappa shape index (κ1) is 13.8. The van der Waals surface area contributed by atoms with Crippen LogP contribution in [0.4, 0.5) is 0 Å². The second-order valence-corrected chi connectivity index (χ2v) is 6.79. The Balaban J connectivity index is 1.76. The number of hydrogen-bond donors (Lipinski definition) is 1. The van der Waals surface area contributed by atoms with Gasteiger partial charge in [-0.3, -0.25) is 14.3 Å². The average Bonchev–Trinajstić information content (AvgIpc) is 2.78. The van der Waals surface area contributed by atoms with Crippen molar-refractivity contribution in [3.63, 3.8) is 0 Å². The maximum absolute atomic E-state index is 12.3. The summed E-state index contributed by atoms with van der Waals surface area (Å²) in [5.74, 6) is -0.137. The molecule has 0 aromatic carbocycles. The number of nitrogens with two attached hydrogens (primary N) is 1. The Morgan fingerprint density at radius 2 is 2.05 bits per heavy atom. The van der Waals surface area contributed by atoms with Crippen LogP contribution < -0.4 is 5.73 Å². The molecule has 2 aliphatic rings. The van der Waals surface area contributed by atoms with Gasteiger partial charge in [0.05, 0.1) is 11.9 Å². The van der Waals surface area contributed by atoms with Crippen molar-refractivity contribution in [3.05, 3.63) is 23.7 Å². The second kappa shape index (κ2) is 4.16. The van der Waals surface area contributed by atoms with Crippen molar-refractivity contribution < 1.29 is 9.59 Å². The lowest BCUT2D eigenvalue weighted by molar-refractivity contribution is -0.127. The Bertz CT molecular complexity index is 652. The third-order valence-corrected chi connectivity index (χ3v) is 4.25. The molecule has 3 rings (SSSR count). The predicted octanol–water partition coefficient (Wildman–Crippen LogP) is 0.0989. The third kappa shape index (κ3) is 2.12. The van der Waals surface area contributed by atoms with Crippen LogP contribution in [0.1, 0.15) is 30.8 Å². The SMILES string of the molecule is Cn1cc(C(=O)N2CC3(C=C(N)C(=O)C(C)(C)C3)C2)nn1. The van der Waals surface area contributed by atoms with Gasteiger partial charge in [-0.25, -0.2) is 0 Å². The van der Waals surface area contributed by atoms with Gasteiger partial charge in [-0.1, -0.05) is 19.1 Å². The predicted molar refractivity (Wildman–Crippen MR) is 75.0 cm³/mol. The van der Waals surface area contributed by atoms with Gasteiger partial charge in [0, 0.05) is 31.0 Å². The molecule has 0 unspecified atom stereocenters. The number of nitrogens with zero attached hydrogens (tertiary/aromatic N) is 4. The molecule has 1 spiro atoms. The summed E-state index contributed by atoms with van der Waals surface area (Å²) in [5.41, 5.74) is 5.86. The summed E-state index contributed by atoms with van der Waals surface area (Å²) in [5, 5.41) is 7.61. The smallest absolute Gasteiger partial charge is 0.276 e. The number of ketones is 1. The molecule has 1 amide bonds. The third-order valence-electron chi connectivity index (χ3n) is 4.25. The van der Waals surface area contributed by atoms with E-state index in [9.17, 15) is 9.59 Å². The van der Waals surface area contributed by atoms with Gasteiger partial charge in [-0.05, 0) is 12.5 Å². The molecule has 2 N–H and O–H groups in total. The molecule has 1 saturated heterocycles. The van der Waals surface area contributed by atoms with Crippen molar-refractivity contribution in [2.45, 2.75) is 20.3 Å². The van der Waals surface area contributed by atoms with Crippen molar-refractivity contribution in [1.82, 2.24) is 19.9 Å². The Morgan fingerprint density at radius 3 is 2.57 bits per heavy atom. The quantitative estimate of drug-likeness (QED) is 0.791. The molecule has 112 valence electrons. The van der Waals surface area contributed by atoms with Gasteiger partial charge in [0.25, 0.3) is 5.91 Å². The minimum Gasteiger partial charge on any atom is -0.396 e. The van der Waals surface area contributed by atoms with Crippen LogP contribution in [0.15, 0.2) is 18.0 Å². The van der Waals surface area contributed by atoms with Gasteiger partial charge in [0.1, 0.15) is 0 Å². The topological polar surface area (TPSA) is 94.1 Å². The Labute approximate surface area is 122 Å². The van der Waals surface area contributed by atoms with E-state index < -0.39 is 5.41 Å². The zero-order chi connectivity index (χ0) is 15.4. The van der Waals surface area contributed by atoms with Crippen LogP contribution in [-0.2, 0) is 11.8 Å². The van der Waals surface area contributed by atoms with E-state index in [4.69, 9.17) is 5.73 Å². The van der Waals surface area contributed by atoms with Crippen molar-refractivity contribution >= 4 is 11.7 Å². The van der Waals surface area contributed by atoms with Gasteiger partial charge < -0.3 is 10.6 Å². The lowest BCUT2D eigenvalue weighted by Crippen LogP contribution is -2.61. The highest BCUT2D eigenvalue weighted by Crippen LogP contribution is 2.47. The van der Waals surface area contributed by atoms with E-state index in [2.05, 4.69) is 10.3 Å². The first-order valence-electron chi connectivity index (χ1n) is 6.91. The highest BCUT2D eigenvalue weighted by molar-refractivity contribution is 6.00. The molecule has 1 aliphatic heterocycles. The summed E-state index contributed by atoms with van der Waals surface area (Å²) < 4.78 is 1.50. The van der Waals surface area contributed by atoms with Gasteiger partial charge in [0.15, 0.2) is 11.5 Å². The number of likely N-dealkylation sites (tertiary alicyclic amines) is 1. The molecule has 0 bridgehead atoms. The molecule has 0 radical (unpaired) electrons. The standard InChI is InChI=1S/C14H19N5O2/c1-13(2)6-14(4-9(15)11(13)20)7-19(8-14)12(21)10-5-18(3)17-16-10/h4-5H,6-8,15H2,1-3H3. The minimum absolute atomic E-state index is 0.00757. The number of aromatic nitrogens is 3. The largest absolute Gasteiger partial charge is 0.396 e. The molecule has 1 aliphatic carbocycles. The summed E-state index contributed by atoms with van der Waals surface area (Å²) in [6, 6.07) is 0. The van der Waals surface area contributed by atoms with E-state index in [1.54, 1.807) is 18.1 Å². The maximum atomic E-state index is 12.3. The van der Waals surface area contributed by atoms with Crippen LogP contribution in [0.25, 0.3) is 0 Å². The monoisotopic (exact) mass is 289 g/mol. The summed E-state index contributed by atoms with van der Waals surface area (Å²) in [7, 11) is 1.72. The molecule has 7 heteroatoms. The van der Waals surface area contributed by atoms with Crippen molar-refractivity contribution in [3.8, 4) is 0 Å². The minimum atomic E-state index is -0.472. The Kier molecular flexibility index (Phi) is 2.73. The molecular formula is C14H19N5O2. The van der Waals surface area contributed by atoms with Gasteiger partial charge >= 0.3 is 0 Å². The lowest BCUT2D eigenvalue weighted by atomic mass is 9.62. The number of amides is 1. The maximum Gasteiger partial charge on any atom is 0.276 e. The van der Waals surface area contributed by atoms with Gasteiger partial charge in [-0.15, -0.1) is 5.10 Å². The fourth-order valence-electron chi connectivity index (χ4n) is 3.47. The first-order chi connectivity index (χ1) is 9.72. The fourth-order valence-corrected chi connectivity index (χ4v) is 3.47. The normalized spacial score (nSPS) is 22.9. The number of aryl methyl sites for hydroxylation is 1. The molecule has 21 heavy (non-hydrogen) atoms. The number of carbonyl (C=O) groups is 2. The van der Waals surface area contributed by atoms with Crippen molar-refractivity contribution in [2.75, 3.05) is 13.1 Å². The Morgan fingerprint density at radius 1 is 1.38 bits per heavy atom. The van der Waals surface area contributed by atoms with E-state index in [-0.39, 0.29) is 17.1 Å². The number of Topliss-reactive ketones (excluding diaryl/α,β-unsaturated/α-hetero) is 1. The number of rotatable bonds is 1. The van der Waals surface area contributed by atoms with Crippen LogP contribution in [0.5, 0.6) is 0 Å². The molecule has 1 aromatic heterocycles. The highest BCUT2D eigenvalue weighted by atomic mass is 16.2. The van der Waals surface area contributed by atoms with E-state index in [0.29, 0.717) is 30.9 Å². The first-order valence-corrected chi connectivity index (χ1v) is 6.91. The number of carbonyl (C=O) groups excluding carboxylic acids is 2. The zero-order valence-electron chi connectivity index (χ0n) is 12.5. The van der Waals surface area contributed by atoms with Crippen LogP contribution >= 0.6 is 0 Å². The highest BCUT2D eigenvalue weighted by Gasteiger charge is 2.52. The number of allylic oxidation sites excluding steroid dienone is 1. The molecule has 7 nitrogen and oxygen atoms in total. The van der Waals surface area contributed by atoms with Gasteiger partial charge in [-0.2, -0.15) is 0 Å². The van der Waals surface area contributed by atoms with E-state index in [0.717, 1.165) is 0 Å².